The lowest BCUT2D eigenvalue weighted by atomic mass is 9.99. The maximum atomic E-state index is 11.9. The first-order valence-electron chi connectivity index (χ1n) is 5.19. The van der Waals surface area contributed by atoms with E-state index in [9.17, 15) is 14.7 Å². The largest absolute Gasteiger partial charge is 0.509 e. The molecule has 2 atom stereocenters. The van der Waals surface area contributed by atoms with Crippen LogP contribution in [0.3, 0.4) is 0 Å². The molecule has 0 saturated heterocycles. The molecule has 6 heteroatoms. The minimum absolute atomic E-state index is 0.105. The van der Waals surface area contributed by atoms with Gasteiger partial charge in [0.05, 0.1) is 11.5 Å². The van der Waals surface area contributed by atoms with E-state index in [1.165, 1.54) is 25.9 Å². The maximum absolute atomic E-state index is 11.9. The number of carboxylic acids is 1. The van der Waals surface area contributed by atoms with Crippen molar-refractivity contribution >= 4 is 17.6 Å². The van der Waals surface area contributed by atoms with Crippen molar-refractivity contribution in [3.8, 4) is 0 Å². The van der Waals surface area contributed by atoms with Crippen molar-refractivity contribution in [1.82, 2.24) is 4.90 Å². The highest BCUT2D eigenvalue weighted by atomic mass is 16.4. The molecule has 1 aliphatic rings. The molecule has 0 bridgehead atoms. The molecule has 2 N–H and O–H groups in total. The molecule has 0 spiro atoms. The number of carbonyl (C=O) groups is 2. The van der Waals surface area contributed by atoms with Crippen LogP contribution in [0.25, 0.3) is 0 Å². The lowest BCUT2D eigenvalue weighted by Gasteiger charge is -2.23. The number of nitrogens with zero attached hydrogens (tertiary/aromatic N) is 2. The Labute approximate surface area is 99.3 Å². The van der Waals surface area contributed by atoms with E-state index in [0.29, 0.717) is 5.71 Å². The molecule has 0 aromatic heterocycles. The van der Waals surface area contributed by atoms with Crippen LogP contribution < -0.4 is 0 Å². The number of carbonyl (C=O) groups excluding carboxylic acids is 1. The number of likely N-dealkylation sites (N-methyl/N-ethyl adjacent to an activating group) is 1. The predicted molar refractivity (Wildman–Crippen MR) is 62.0 cm³/mol. The van der Waals surface area contributed by atoms with Crippen LogP contribution in [0.2, 0.25) is 0 Å². The Morgan fingerprint density at radius 1 is 1.53 bits per heavy atom. The van der Waals surface area contributed by atoms with E-state index in [1.54, 1.807) is 6.92 Å². The molecule has 17 heavy (non-hydrogen) atoms. The lowest BCUT2D eigenvalue weighted by Crippen LogP contribution is -2.39. The molecule has 0 aliphatic carbocycles. The Balaban J connectivity index is 3.23. The Bertz CT molecular complexity index is 425. The maximum Gasteiger partial charge on any atom is 0.308 e. The van der Waals surface area contributed by atoms with Crippen molar-refractivity contribution < 1.29 is 19.8 Å². The minimum Gasteiger partial charge on any atom is -0.509 e. The molecule has 1 aliphatic heterocycles. The summed E-state index contributed by atoms with van der Waals surface area (Å²) in [6.07, 6.45) is 0. The lowest BCUT2D eigenvalue weighted by molar-refractivity contribution is -0.143. The Kier molecular flexibility index (Phi) is 3.55. The summed E-state index contributed by atoms with van der Waals surface area (Å²) >= 11 is 0. The molecule has 1 heterocycles. The van der Waals surface area contributed by atoms with Gasteiger partial charge in [0.15, 0.2) is 0 Å². The number of rotatable bonds is 3. The molecule has 0 aromatic carbocycles. The number of aliphatic hydroxyl groups is 1. The second-order valence-electron chi connectivity index (χ2n) is 4.06. The Morgan fingerprint density at radius 2 is 2.06 bits per heavy atom. The summed E-state index contributed by atoms with van der Waals surface area (Å²) in [4.78, 5) is 27.9. The molecule has 0 saturated carbocycles. The summed E-state index contributed by atoms with van der Waals surface area (Å²) < 4.78 is 0. The van der Waals surface area contributed by atoms with Gasteiger partial charge in [-0.15, -0.1) is 0 Å². The van der Waals surface area contributed by atoms with Crippen molar-refractivity contribution in [2.24, 2.45) is 10.9 Å². The zero-order valence-corrected chi connectivity index (χ0v) is 10.3. The quantitative estimate of drug-likeness (QED) is 0.701. The van der Waals surface area contributed by atoms with Gasteiger partial charge < -0.3 is 15.1 Å². The van der Waals surface area contributed by atoms with Crippen LogP contribution in [0.4, 0.5) is 0 Å². The standard InChI is InChI=1S/C11H16N2O4/c1-5(11(16)17)8-9(14)7(6(2)12-3)10(15)13(8)4/h5,8,14H,1-4H3,(H,16,17). The number of aliphatic imine (C=N–C) groups is 1. The van der Waals surface area contributed by atoms with Crippen molar-refractivity contribution in [3.63, 3.8) is 0 Å². The molecular formula is C11H16N2O4. The first-order chi connectivity index (χ1) is 7.82. The van der Waals surface area contributed by atoms with E-state index >= 15 is 0 Å². The SMILES string of the molecule is CN=C(C)C1=C(O)C(C(C)C(=O)O)N(C)C1=O. The number of carboxylic acid groups (broad SMARTS) is 1. The summed E-state index contributed by atoms with van der Waals surface area (Å²) in [6.45, 7) is 3.06. The van der Waals surface area contributed by atoms with Gasteiger partial charge in [-0.1, -0.05) is 0 Å². The first-order valence-corrected chi connectivity index (χ1v) is 5.19. The van der Waals surface area contributed by atoms with Crippen molar-refractivity contribution in [1.29, 1.82) is 0 Å². The fourth-order valence-electron chi connectivity index (χ4n) is 1.90. The third-order valence-corrected chi connectivity index (χ3v) is 3.05. The second kappa shape index (κ2) is 4.57. The van der Waals surface area contributed by atoms with Gasteiger partial charge in [-0.2, -0.15) is 0 Å². The summed E-state index contributed by atoms with van der Waals surface area (Å²) in [7, 11) is 2.98. The van der Waals surface area contributed by atoms with E-state index in [2.05, 4.69) is 4.99 Å². The fourth-order valence-corrected chi connectivity index (χ4v) is 1.90. The highest BCUT2D eigenvalue weighted by Gasteiger charge is 2.43. The molecule has 0 radical (unpaired) electrons. The number of aliphatic carboxylic acids is 1. The minimum atomic E-state index is -1.06. The Morgan fingerprint density at radius 3 is 2.47 bits per heavy atom. The van der Waals surface area contributed by atoms with Gasteiger partial charge in [-0.25, -0.2) is 0 Å². The van der Waals surface area contributed by atoms with Crippen molar-refractivity contribution in [2.75, 3.05) is 14.1 Å². The van der Waals surface area contributed by atoms with Crippen LogP contribution in [0.15, 0.2) is 16.3 Å². The van der Waals surface area contributed by atoms with Crippen LogP contribution >= 0.6 is 0 Å². The Hall–Kier alpha value is -1.85. The second-order valence-corrected chi connectivity index (χ2v) is 4.06. The first kappa shape index (κ1) is 13.2. The molecule has 6 nitrogen and oxygen atoms in total. The van der Waals surface area contributed by atoms with E-state index < -0.39 is 23.8 Å². The van der Waals surface area contributed by atoms with Crippen LogP contribution in [-0.2, 0) is 9.59 Å². The number of hydrogen-bond acceptors (Lipinski definition) is 4. The molecule has 94 valence electrons. The zero-order chi connectivity index (χ0) is 13.3. The summed E-state index contributed by atoms with van der Waals surface area (Å²) in [5.41, 5.74) is 0.507. The molecule has 2 unspecified atom stereocenters. The van der Waals surface area contributed by atoms with Gasteiger partial charge in [0.1, 0.15) is 11.8 Å². The van der Waals surface area contributed by atoms with Crippen LogP contribution in [-0.4, -0.2) is 52.8 Å². The molecular weight excluding hydrogens is 224 g/mol. The van der Waals surface area contributed by atoms with E-state index in [1.807, 2.05) is 0 Å². The van der Waals surface area contributed by atoms with E-state index in [0.717, 1.165) is 0 Å². The normalized spacial score (nSPS) is 23.3. The van der Waals surface area contributed by atoms with Gasteiger partial charge in [-0.3, -0.25) is 14.6 Å². The zero-order valence-electron chi connectivity index (χ0n) is 10.3. The number of aliphatic hydroxyl groups excluding tert-OH is 1. The fraction of sp³-hybridized carbons (Fsp3) is 0.545. The third kappa shape index (κ3) is 2.02. The van der Waals surface area contributed by atoms with Gasteiger partial charge in [0.25, 0.3) is 5.91 Å². The van der Waals surface area contributed by atoms with Gasteiger partial charge >= 0.3 is 5.97 Å². The van der Waals surface area contributed by atoms with Crippen LogP contribution in [0.1, 0.15) is 13.8 Å². The summed E-state index contributed by atoms with van der Waals surface area (Å²) in [5, 5.41) is 18.9. The summed E-state index contributed by atoms with van der Waals surface area (Å²) in [6, 6.07) is -0.827. The number of hydrogen-bond donors (Lipinski definition) is 2. The van der Waals surface area contributed by atoms with E-state index in [4.69, 9.17) is 5.11 Å². The third-order valence-electron chi connectivity index (χ3n) is 3.05. The molecule has 0 aromatic rings. The summed E-state index contributed by atoms with van der Waals surface area (Å²) in [5.74, 6) is -2.54. The molecule has 1 amide bonds. The van der Waals surface area contributed by atoms with Gasteiger partial charge in [-0.05, 0) is 13.8 Å². The molecule has 1 rings (SSSR count). The van der Waals surface area contributed by atoms with E-state index in [-0.39, 0.29) is 11.3 Å². The highest BCUT2D eigenvalue weighted by Crippen LogP contribution is 2.28. The monoisotopic (exact) mass is 240 g/mol. The average molecular weight is 240 g/mol. The topological polar surface area (TPSA) is 90.2 Å². The molecule has 0 fully saturated rings. The smallest absolute Gasteiger partial charge is 0.308 e. The number of amides is 1. The van der Waals surface area contributed by atoms with Gasteiger partial charge in [0, 0.05) is 19.8 Å². The van der Waals surface area contributed by atoms with Crippen LogP contribution in [0, 0.1) is 5.92 Å². The predicted octanol–water partition coefficient (Wildman–Crippen LogP) is 0.451. The average Bonchev–Trinajstić information content (AvgIpc) is 2.49. The van der Waals surface area contributed by atoms with Gasteiger partial charge in [0.2, 0.25) is 0 Å². The van der Waals surface area contributed by atoms with Crippen LogP contribution in [0.5, 0.6) is 0 Å². The highest BCUT2D eigenvalue weighted by molar-refractivity contribution is 6.22. The van der Waals surface area contributed by atoms with Crippen molar-refractivity contribution in [2.45, 2.75) is 19.9 Å². The van der Waals surface area contributed by atoms with Crippen molar-refractivity contribution in [3.05, 3.63) is 11.3 Å².